The number of hydrogen-bond donors (Lipinski definition) is 1. The zero-order chi connectivity index (χ0) is 14.5. The number of nitrogens with two attached hydrogens (primary N) is 1. The lowest BCUT2D eigenvalue weighted by atomic mass is 10.2. The summed E-state index contributed by atoms with van der Waals surface area (Å²) in [5, 5.41) is 0. The summed E-state index contributed by atoms with van der Waals surface area (Å²) in [7, 11) is 2.99. The Morgan fingerprint density at radius 2 is 1.75 bits per heavy atom. The number of benzene rings is 2. The van der Waals surface area contributed by atoms with E-state index in [-0.39, 0.29) is 12.4 Å². The molecule has 2 aromatic rings. The third-order valence-electron chi connectivity index (χ3n) is 2.83. The van der Waals surface area contributed by atoms with Gasteiger partial charge in [0, 0.05) is 6.07 Å². The van der Waals surface area contributed by atoms with Crippen molar-refractivity contribution in [2.75, 3.05) is 20.0 Å². The van der Waals surface area contributed by atoms with E-state index in [0.29, 0.717) is 22.7 Å². The van der Waals surface area contributed by atoms with Gasteiger partial charge in [-0.25, -0.2) is 4.39 Å². The van der Waals surface area contributed by atoms with Crippen molar-refractivity contribution in [1.29, 1.82) is 0 Å². The molecule has 2 aromatic carbocycles. The molecule has 2 N–H and O–H groups in total. The van der Waals surface area contributed by atoms with Gasteiger partial charge in [0.25, 0.3) is 0 Å². The van der Waals surface area contributed by atoms with Crippen LogP contribution in [-0.4, -0.2) is 14.2 Å². The first-order valence-corrected chi connectivity index (χ1v) is 6.02. The van der Waals surface area contributed by atoms with Gasteiger partial charge in [-0.15, -0.1) is 0 Å². The highest BCUT2D eigenvalue weighted by Crippen LogP contribution is 2.27. The van der Waals surface area contributed by atoms with E-state index in [1.807, 2.05) is 0 Å². The summed E-state index contributed by atoms with van der Waals surface area (Å²) >= 11 is 0. The molecule has 2 rings (SSSR count). The predicted octanol–water partition coefficient (Wildman–Crippen LogP) is 3.00. The molecule has 0 radical (unpaired) electrons. The van der Waals surface area contributed by atoms with Crippen LogP contribution in [0, 0.1) is 5.82 Å². The highest BCUT2D eigenvalue weighted by atomic mass is 19.1. The molecule has 0 aliphatic carbocycles. The van der Waals surface area contributed by atoms with Gasteiger partial charge in [0.15, 0.2) is 11.6 Å². The Labute approximate surface area is 116 Å². The Kier molecular flexibility index (Phi) is 4.30. The Hall–Kier alpha value is -2.43. The van der Waals surface area contributed by atoms with Gasteiger partial charge in [-0.3, -0.25) is 0 Å². The molecule has 0 unspecified atom stereocenters. The first-order chi connectivity index (χ1) is 9.63. The highest BCUT2D eigenvalue weighted by Gasteiger charge is 2.06. The molecule has 5 heteroatoms. The largest absolute Gasteiger partial charge is 0.497 e. The third-order valence-corrected chi connectivity index (χ3v) is 2.83. The number of rotatable bonds is 5. The fraction of sp³-hybridized carbons (Fsp3) is 0.200. The lowest BCUT2D eigenvalue weighted by Gasteiger charge is -2.11. The minimum atomic E-state index is -0.420. The maximum Gasteiger partial charge on any atom is 0.165 e. The smallest absolute Gasteiger partial charge is 0.165 e. The van der Waals surface area contributed by atoms with Crippen LogP contribution < -0.4 is 19.9 Å². The maximum absolute atomic E-state index is 13.5. The molecule has 0 saturated heterocycles. The molecule has 0 atom stereocenters. The molecule has 0 aliphatic heterocycles. The molecule has 0 saturated carbocycles. The molecule has 106 valence electrons. The van der Waals surface area contributed by atoms with E-state index in [1.54, 1.807) is 37.4 Å². The van der Waals surface area contributed by atoms with Crippen LogP contribution in [0.1, 0.15) is 5.56 Å². The van der Waals surface area contributed by atoms with Gasteiger partial charge in [-0.1, -0.05) is 6.07 Å². The second-order valence-electron chi connectivity index (χ2n) is 4.16. The average molecular weight is 277 g/mol. The summed E-state index contributed by atoms with van der Waals surface area (Å²) in [6.45, 7) is 0.220. The molecule has 4 nitrogen and oxygen atoms in total. The zero-order valence-electron chi connectivity index (χ0n) is 11.4. The van der Waals surface area contributed by atoms with Crippen LogP contribution >= 0.6 is 0 Å². The van der Waals surface area contributed by atoms with Crippen LogP contribution in [0.15, 0.2) is 36.4 Å². The number of methoxy groups -OCH3 is 2. The predicted molar refractivity (Wildman–Crippen MR) is 74.7 cm³/mol. The molecule has 0 amide bonds. The van der Waals surface area contributed by atoms with Crippen molar-refractivity contribution in [3.05, 3.63) is 47.8 Å². The first kappa shape index (κ1) is 14.0. The quantitative estimate of drug-likeness (QED) is 0.854. The Bertz CT molecular complexity index is 602. The van der Waals surface area contributed by atoms with Gasteiger partial charge in [0.1, 0.15) is 18.1 Å². The van der Waals surface area contributed by atoms with E-state index in [4.69, 9.17) is 19.9 Å². The van der Waals surface area contributed by atoms with Gasteiger partial charge in [0.05, 0.1) is 19.9 Å². The monoisotopic (exact) mass is 277 g/mol. The molecule has 0 fully saturated rings. The normalized spacial score (nSPS) is 10.2. The zero-order valence-corrected chi connectivity index (χ0v) is 11.4. The standard InChI is InChI=1S/C15H16FNO3/c1-18-11-4-6-15(13(17)8-11)20-9-10-3-5-14(19-2)12(16)7-10/h3-8H,9,17H2,1-2H3. The Morgan fingerprint density at radius 1 is 1.00 bits per heavy atom. The van der Waals surface area contributed by atoms with Crippen LogP contribution in [0.3, 0.4) is 0 Å². The van der Waals surface area contributed by atoms with Crippen molar-refractivity contribution in [1.82, 2.24) is 0 Å². The molecule has 0 heterocycles. The van der Waals surface area contributed by atoms with Crippen molar-refractivity contribution in [3.8, 4) is 17.2 Å². The summed E-state index contributed by atoms with van der Waals surface area (Å²) in [5.74, 6) is 0.974. The fourth-order valence-corrected chi connectivity index (χ4v) is 1.75. The summed E-state index contributed by atoms with van der Waals surface area (Å²) in [5.41, 5.74) is 7.00. The first-order valence-electron chi connectivity index (χ1n) is 6.02. The van der Waals surface area contributed by atoms with Crippen LogP contribution in [0.25, 0.3) is 0 Å². The molecule has 0 aliphatic rings. The summed E-state index contributed by atoms with van der Waals surface area (Å²) in [6.07, 6.45) is 0. The number of hydrogen-bond acceptors (Lipinski definition) is 4. The second-order valence-corrected chi connectivity index (χ2v) is 4.16. The summed E-state index contributed by atoms with van der Waals surface area (Å²) in [6, 6.07) is 9.81. The van der Waals surface area contributed by atoms with E-state index < -0.39 is 5.82 Å². The minimum Gasteiger partial charge on any atom is -0.497 e. The molecular formula is C15H16FNO3. The third kappa shape index (κ3) is 3.12. The maximum atomic E-state index is 13.5. The molecule has 20 heavy (non-hydrogen) atoms. The van der Waals surface area contributed by atoms with Crippen LogP contribution in [0.5, 0.6) is 17.2 Å². The minimum absolute atomic E-state index is 0.206. The number of ether oxygens (including phenoxy) is 3. The molecule has 0 bridgehead atoms. The SMILES string of the molecule is COc1ccc(OCc2ccc(OC)c(F)c2)c(N)c1. The van der Waals surface area contributed by atoms with Crippen LogP contribution in [0.4, 0.5) is 10.1 Å². The van der Waals surface area contributed by atoms with Crippen molar-refractivity contribution < 1.29 is 18.6 Å². The van der Waals surface area contributed by atoms with Crippen molar-refractivity contribution in [2.45, 2.75) is 6.61 Å². The summed E-state index contributed by atoms with van der Waals surface area (Å²) < 4.78 is 29.0. The second kappa shape index (κ2) is 6.14. The van der Waals surface area contributed by atoms with E-state index in [2.05, 4.69) is 0 Å². The number of anilines is 1. The Balaban J connectivity index is 2.07. The van der Waals surface area contributed by atoms with E-state index in [1.165, 1.54) is 13.2 Å². The van der Waals surface area contributed by atoms with Gasteiger partial charge in [0.2, 0.25) is 0 Å². The molecular weight excluding hydrogens is 261 g/mol. The lowest BCUT2D eigenvalue weighted by Crippen LogP contribution is -2.00. The number of halogens is 1. The van der Waals surface area contributed by atoms with Crippen molar-refractivity contribution in [3.63, 3.8) is 0 Å². The van der Waals surface area contributed by atoms with Crippen molar-refractivity contribution in [2.24, 2.45) is 0 Å². The highest BCUT2D eigenvalue weighted by molar-refractivity contribution is 5.56. The number of nitrogen functional groups attached to an aromatic ring is 1. The van der Waals surface area contributed by atoms with Gasteiger partial charge in [-0.2, -0.15) is 0 Å². The van der Waals surface area contributed by atoms with E-state index >= 15 is 0 Å². The average Bonchev–Trinajstić information content (AvgIpc) is 2.46. The Morgan fingerprint density at radius 3 is 2.35 bits per heavy atom. The van der Waals surface area contributed by atoms with Gasteiger partial charge >= 0.3 is 0 Å². The van der Waals surface area contributed by atoms with Crippen LogP contribution in [-0.2, 0) is 6.61 Å². The molecule has 0 spiro atoms. The van der Waals surface area contributed by atoms with Gasteiger partial charge < -0.3 is 19.9 Å². The molecule has 0 aromatic heterocycles. The lowest BCUT2D eigenvalue weighted by molar-refractivity contribution is 0.305. The van der Waals surface area contributed by atoms with Crippen LogP contribution in [0.2, 0.25) is 0 Å². The van der Waals surface area contributed by atoms with E-state index in [9.17, 15) is 4.39 Å². The summed E-state index contributed by atoms with van der Waals surface area (Å²) in [4.78, 5) is 0. The van der Waals surface area contributed by atoms with Gasteiger partial charge in [-0.05, 0) is 29.8 Å². The fourth-order valence-electron chi connectivity index (χ4n) is 1.75. The topological polar surface area (TPSA) is 53.7 Å². The van der Waals surface area contributed by atoms with Crippen molar-refractivity contribution >= 4 is 5.69 Å². The van der Waals surface area contributed by atoms with E-state index in [0.717, 1.165) is 0 Å².